The third kappa shape index (κ3) is 5.03. The van der Waals surface area contributed by atoms with Crippen LogP contribution in [0.3, 0.4) is 0 Å². The van der Waals surface area contributed by atoms with Crippen LogP contribution in [0.25, 0.3) is 54.6 Å². The van der Waals surface area contributed by atoms with Crippen LogP contribution in [0.1, 0.15) is 11.1 Å². The highest BCUT2D eigenvalue weighted by atomic mass is 15.1. The molecule has 45 heavy (non-hydrogen) atoms. The smallest absolute Gasteiger partial charge is 0.0468 e. The van der Waals surface area contributed by atoms with Crippen molar-refractivity contribution in [3.05, 3.63) is 175 Å². The largest absolute Gasteiger partial charge is 0.310 e. The van der Waals surface area contributed by atoms with Gasteiger partial charge in [0, 0.05) is 17.1 Å². The Hall–Kier alpha value is -5.66. The second-order valence-corrected chi connectivity index (χ2v) is 12.0. The third-order valence-corrected chi connectivity index (χ3v) is 8.96. The average molecular weight is 576 g/mol. The first-order valence-corrected chi connectivity index (χ1v) is 15.6. The molecule has 0 aliphatic carbocycles. The van der Waals surface area contributed by atoms with Crippen molar-refractivity contribution in [2.75, 3.05) is 4.90 Å². The van der Waals surface area contributed by atoms with Crippen molar-refractivity contribution < 1.29 is 0 Å². The van der Waals surface area contributed by atoms with Gasteiger partial charge in [0.05, 0.1) is 0 Å². The fourth-order valence-corrected chi connectivity index (χ4v) is 6.53. The van der Waals surface area contributed by atoms with Gasteiger partial charge in [-0.2, -0.15) is 0 Å². The summed E-state index contributed by atoms with van der Waals surface area (Å²) in [5.74, 6) is 0. The molecule has 1 heteroatoms. The molecule has 0 aliphatic heterocycles. The predicted octanol–water partition coefficient (Wildman–Crippen LogP) is 12.6. The summed E-state index contributed by atoms with van der Waals surface area (Å²) >= 11 is 0. The molecule has 0 saturated carbocycles. The molecular weight excluding hydrogens is 542 g/mol. The lowest BCUT2D eigenvalue weighted by atomic mass is 9.90. The van der Waals surface area contributed by atoms with Gasteiger partial charge in [-0.05, 0) is 117 Å². The molecule has 0 bridgehead atoms. The molecule has 0 saturated heterocycles. The van der Waals surface area contributed by atoms with Gasteiger partial charge in [0.1, 0.15) is 0 Å². The molecule has 0 radical (unpaired) electrons. The van der Waals surface area contributed by atoms with Crippen LogP contribution in [0.2, 0.25) is 0 Å². The van der Waals surface area contributed by atoms with Crippen LogP contribution in [0, 0.1) is 13.8 Å². The zero-order valence-corrected chi connectivity index (χ0v) is 25.5. The number of nitrogens with zero attached hydrogens (tertiary/aromatic N) is 1. The molecular formula is C44H33N. The third-order valence-electron chi connectivity index (χ3n) is 8.96. The van der Waals surface area contributed by atoms with Crippen molar-refractivity contribution in [2.45, 2.75) is 13.8 Å². The minimum absolute atomic E-state index is 1.13. The molecule has 0 amide bonds. The van der Waals surface area contributed by atoms with Crippen LogP contribution in [0.4, 0.5) is 17.1 Å². The molecule has 8 rings (SSSR count). The fourth-order valence-electron chi connectivity index (χ4n) is 6.53. The van der Waals surface area contributed by atoms with E-state index < -0.39 is 0 Å². The van der Waals surface area contributed by atoms with E-state index in [0.29, 0.717) is 0 Å². The molecule has 0 N–H and O–H groups in total. The van der Waals surface area contributed by atoms with Crippen molar-refractivity contribution in [1.29, 1.82) is 0 Å². The molecule has 0 spiro atoms. The molecule has 214 valence electrons. The Morgan fingerprint density at radius 2 is 0.844 bits per heavy atom. The lowest BCUT2D eigenvalue weighted by Gasteiger charge is -2.27. The molecule has 0 fully saturated rings. The van der Waals surface area contributed by atoms with E-state index >= 15 is 0 Å². The SMILES string of the molecule is Cc1ccc(N(c2ccc(C)cc2)c2ccc(-c3ccc4c(ccc5ccccc54)c3)c(-c3ccc4ccccc4c3)c2)cc1. The zero-order valence-electron chi connectivity index (χ0n) is 25.5. The van der Waals surface area contributed by atoms with Gasteiger partial charge < -0.3 is 4.90 Å². The number of aryl methyl sites for hydroxylation is 2. The Labute approximate surface area is 264 Å². The molecule has 8 aromatic rings. The van der Waals surface area contributed by atoms with Crippen molar-refractivity contribution in [1.82, 2.24) is 0 Å². The van der Waals surface area contributed by atoms with Gasteiger partial charge >= 0.3 is 0 Å². The standard InChI is InChI=1S/C44H33N/c1-30-11-20-38(21-12-30)45(39-22-13-31(2)14-23-39)40-24-26-43(44(29-40)37-17-15-32-7-3-4-9-34(32)27-37)36-19-25-42-35(28-36)18-16-33-8-5-6-10-41(33)42/h3-29H,1-2H3. The normalized spacial score (nSPS) is 11.3. The van der Waals surface area contributed by atoms with Gasteiger partial charge in [0.25, 0.3) is 0 Å². The summed E-state index contributed by atoms with van der Waals surface area (Å²) < 4.78 is 0. The highest BCUT2D eigenvalue weighted by molar-refractivity contribution is 6.09. The average Bonchev–Trinajstić information content (AvgIpc) is 3.09. The Morgan fingerprint density at radius 3 is 1.58 bits per heavy atom. The van der Waals surface area contributed by atoms with Gasteiger partial charge in [-0.15, -0.1) is 0 Å². The summed E-state index contributed by atoms with van der Waals surface area (Å²) in [6, 6.07) is 60.0. The van der Waals surface area contributed by atoms with Crippen molar-refractivity contribution in [2.24, 2.45) is 0 Å². The fraction of sp³-hybridized carbons (Fsp3) is 0.0455. The number of benzene rings is 8. The number of anilines is 3. The monoisotopic (exact) mass is 575 g/mol. The maximum atomic E-state index is 2.36. The second kappa shape index (κ2) is 11.1. The lowest BCUT2D eigenvalue weighted by Crippen LogP contribution is -2.10. The van der Waals surface area contributed by atoms with E-state index in [4.69, 9.17) is 0 Å². The van der Waals surface area contributed by atoms with Crippen LogP contribution in [0.15, 0.2) is 164 Å². The number of hydrogen-bond acceptors (Lipinski definition) is 1. The van der Waals surface area contributed by atoms with E-state index in [9.17, 15) is 0 Å². The molecule has 1 nitrogen and oxygen atoms in total. The minimum Gasteiger partial charge on any atom is -0.310 e. The van der Waals surface area contributed by atoms with E-state index in [-0.39, 0.29) is 0 Å². The Kier molecular flexibility index (Phi) is 6.65. The number of fused-ring (bicyclic) bond motifs is 4. The van der Waals surface area contributed by atoms with E-state index in [1.54, 1.807) is 0 Å². The first-order chi connectivity index (χ1) is 22.1. The quantitative estimate of drug-likeness (QED) is 0.185. The summed E-state index contributed by atoms with van der Waals surface area (Å²) in [6.45, 7) is 4.28. The number of hydrogen-bond donors (Lipinski definition) is 0. The Bertz CT molecular complexity index is 2280. The highest BCUT2D eigenvalue weighted by Gasteiger charge is 2.17. The van der Waals surface area contributed by atoms with Gasteiger partial charge in [0.15, 0.2) is 0 Å². The zero-order chi connectivity index (χ0) is 30.3. The second-order valence-electron chi connectivity index (χ2n) is 12.0. The predicted molar refractivity (Wildman–Crippen MR) is 194 cm³/mol. The van der Waals surface area contributed by atoms with Gasteiger partial charge in [-0.1, -0.05) is 126 Å². The maximum Gasteiger partial charge on any atom is 0.0468 e. The van der Waals surface area contributed by atoms with Crippen molar-refractivity contribution in [3.63, 3.8) is 0 Å². The topological polar surface area (TPSA) is 3.24 Å². The van der Waals surface area contributed by atoms with Crippen LogP contribution >= 0.6 is 0 Å². The summed E-state index contributed by atoms with van der Waals surface area (Å²) in [4.78, 5) is 2.36. The van der Waals surface area contributed by atoms with Gasteiger partial charge in [0.2, 0.25) is 0 Å². The summed E-state index contributed by atoms with van der Waals surface area (Å²) in [7, 11) is 0. The molecule has 8 aromatic carbocycles. The highest BCUT2D eigenvalue weighted by Crippen LogP contribution is 2.42. The van der Waals surface area contributed by atoms with E-state index in [2.05, 4.69) is 183 Å². The van der Waals surface area contributed by atoms with E-state index in [1.807, 2.05) is 0 Å². The molecule has 0 aromatic heterocycles. The molecule has 0 atom stereocenters. The minimum atomic E-state index is 1.13. The summed E-state index contributed by atoms with van der Waals surface area (Å²) in [5, 5.41) is 7.58. The maximum absolute atomic E-state index is 2.36. The first-order valence-electron chi connectivity index (χ1n) is 15.6. The lowest BCUT2D eigenvalue weighted by molar-refractivity contribution is 1.27. The van der Waals surface area contributed by atoms with Crippen LogP contribution < -0.4 is 4.90 Å². The van der Waals surface area contributed by atoms with E-state index in [1.165, 1.54) is 65.7 Å². The van der Waals surface area contributed by atoms with Gasteiger partial charge in [-0.25, -0.2) is 0 Å². The van der Waals surface area contributed by atoms with Crippen molar-refractivity contribution >= 4 is 49.4 Å². The molecule has 0 unspecified atom stereocenters. The van der Waals surface area contributed by atoms with Gasteiger partial charge in [-0.3, -0.25) is 0 Å². The van der Waals surface area contributed by atoms with E-state index in [0.717, 1.165) is 17.1 Å². The Balaban J connectivity index is 1.35. The number of rotatable bonds is 5. The molecule has 0 heterocycles. The molecule has 0 aliphatic rings. The van der Waals surface area contributed by atoms with Crippen molar-refractivity contribution in [3.8, 4) is 22.3 Å². The van der Waals surface area contributed by atoms with Crippen LogP contribution in [-0.4, -0.2) is 0 Å². The summed E-state index contributed by atoms with van der Waals surface area (Å²) in [6.07, 6.45) is 0. The Morgan fingerprint density at radius 1 is 0.333 bits per heavy atom. The van der Waals surface area contributed by atoms with Crippen LogP contribution in [-0.2, 0) is 0 Å². The van der Waals surface area contributed by atoms with Crippen LogP contribution in [0.5, 0.6) is 0 Å². The summed E-state index contributed by atoms with van der Waals surface area (Å²) in [5.41, 5.74) is 10.7. The first kappa shape index (κ1) is 26.9.